The molecule has 0 N–H and O–H groups in total. The molecule has 0 aliphatic heterocycles. The van der Waals surface area contributed by atoms with Crippen molar-refractivity contribution in [3.8, 4) is 0 Å². The van der Waals surface area contributed by atoms with Gasteiger partial charge in [0.2, 0.25) is 0 Å². The Morgan fingerprint density at radius 1 is 1.82 bits per heavy atom. The fourth-order valence-corrected chi connectivity index (χ4v) is 1.04. The highest BCUT2D eigenvalue weighted by Crippen LogP contribution is 2.36. The Morgan fingerprint density at radius 3 is 2.82 bits per heavy atom. The van der Waals surface area contributed by atoms with Crippen LogP contribution in [0, 0.1) is 11.8 Å². The van der Waals surface area contributed by atoms with E-state index in [2.05, 4.69) is 9.53 Å². The molecule has 0 heterocycles. The Balaban J connectivity index is 2.57. The summed E-state index contributed by atoms with van der Waals surface area (Å²) in [4.78, 5) is 13.8. The van der Waals surface area contributed by atoms with Gasteiger partial charge in [0.15, 0.2) is 5.92 Å². The third-order valence-electron chi connectivity index (χ3n) is 1.83. The number of methoxy groups -OCH3 is 1. The van der Waals surface area contributed by atoms with E-state index in [9.17, 15) is 4.79 Å². The summed E-state index contributed by atoms with van der Waals surface area (Å²) in [5.74, 6) is -0.325. The molecule has 0 saturated heterocycles. The minimum absolute atomic E-state index is 0.315. The molecule has 1 unspecified atom stereocenters. The van der Waals surface area contributed by atoms with Crippen molar-refractivity contribution >= 4 is 12.2 Å². The number of ether oxygens (including phenoxy) is 1. The minimum Gasteiger partial charge on any atom is -0.468 e. The Bertz CT molecular complexity index is 204. The van der Waals surface area contributed by atoms with Crippen LogP contribution in [0.1, 0.15) is 12.8 Å². The molecule has 1 aliphatic rings. The number of carbonyl (C=O) groups excluding carboxylic acids is 1. The Morgan fingerprint density at radius 2 is 2.45 bits per heavy atom. The maximum Gasteiger partial charge on any atom is 0.320 e. The highest BCUT2D eigenvalue weighted by Gasteiger charge is 2.38. The quantitative estimate of drug-likeness (QED) is 0.257. The molecule has 1 fully saturated rings. The van der Waals surface area contributed by atoms with Crippen LogP contribution in [0.4, 0.5) is 0 Å². The van der Waals surface area contributed by atoms with Gasteiger partial charge >= 0.3 is 5.97 Å². The average molecular weight is 154 g/mol. The van der Waals surface area contributed by atoms with Crippen LogP contribution in [0.15, 0.2) is 0 Å². The number of rotatable bonds is 3. The van der Waals surface area contributed by atoms with Crippen LogP contribution < -0.4 is 0 Å². The SMILES string of the molecule is COC(=O)C(C=[N+]=[N-])C1CC1. The molecule has 4 nitrogen and oxygen atoms in total. The summed E-state index contributed by atoms with van der Waals surface area (Å²) in [5, 5.41) is 0. The number of hydrogen-bond donors (Lipinski definition) is 0. The second kappa shape index (κ2) is 3.30. The molecule has 0 aromatic heterocycles. The molecule has 60 valence electrons. The predicted molar refractivity (Wildman–Crippen MR) is 37.9 cm³/mol. The smallest absolute Gasteiger partial charge is 0.320 e. The van der Waals surface area contributed by atoms with E-state index in [-0.39, 0.29) is 11.9 Å². The molecule has 1 atom stereocenters. The van der Waals surface area contributed by atoms with Crippen LogP contribution in [0.5, 0.6) is 0 Å². The third kappa shape index (κ3) is 1.88. The van der Waals surface area contributed by atoms with Gasteiger partial charge in [0, 0.05) is 0 Å². The molecule has 0 bridgehead atoms. The zero-order valence-electron chi connectivity index (χ0n) is 6.36. The van der Waals surface area contributed by atoms with Crippen molar-refractivity contribution < 1.29 is 14.3 Å². The number of carbonyl (C=O) groups is 1. The molecule has 0 aromatic carbocycles. The summed E-state index contributed by atoms with van der Waals surface area (Å²) in [6.45, 7) is 0. The molecule has 0 amide bonds. The molecule has 1 aliphatic carbocycles. The van der Waals surface area contributed by atoms with E-state index in [4.69, 9.17) is 5.53 Å². The van der Waals surface area contributed by atoms with Crippen molar-refractivity contribution in [1.29, 1.82) is 0 Å². The molecule has 0 spiro atoms. The summed E-state index contributed by atoms with van der Waals surface area (Å²) in [6, 6.07) is 0. The van der Waals surface area contributed by atoms with E-state index in [0.29, 0.717) is 5.92 Å². The van der Waals surface area contributed by atoms with Crippen molar-refractivity contribution in [2.24, 2.45) is 11.8 Å². The van der Waals surface area contributed by atoms with E-state index in [1.165, 1.54) is 13.3 Å². The van der Waals surface area contributed by atoms with Gasteiger partial charge in [-0.15, -0.1) is 0 Å². The van der Waals surface area contributed by atoms with Crippen molar-refractivity contribution in [1.82, 2.24) is 0 Å². The standard InChI is InChI=1S/C7H10N2O2/c1-11-7(10)6(4-9-8)5-2-3-5/h4-6H,2-3H2,1H3. The monoisotopic (exact) mass is 154 g/mol. The van der Waals surface area contributed by atoms with Crippen LogP contribution in [0.25, 0.3) is 5.53 Å². The largest absolute Gasteiger partial charge is 0.468 e. The lowest BCUT2D eigenvalue weighted by atomic mass is 10.1. The second-order valence-corrected chi connectivity index (χ2v) is 2.65. The Kier molecular flexibility index (Phi) is 2.39. The molecular weight excluding hydrogens is 144 g/mol. The summed E-state index contributed by atoms with van der Waals surface area (Å²) in [6.07, 6.45) is 3.28. The van der Waals surface area contributed by atoms with Gasteiger partial charge in [-0.05, 0) is 18.8 Å². The van der Waals surface area contributed by atoms with Crippen LogP contribution in [0.2, 0.25) is 0 Å². The van der Waals surface area contributed by atoms with E-state index in [0.717, 1.165) is 12.8 Å². The van der Waals surface area contributed by atoms with E-state index in [1.54, 1.807) is 0 Å². The average Bonchev–Trinajstić information content (AvgIpc) is 2.81. The third-order valence-corrected chi connectivity index (χ3v) is 1.83. The molecule has 0 aromatic rings. The van der Waals surface area contributed by atoms with Gasteiger partial charge in [0.05, 0.1) is 7.11 Å². The fraction of sp³-hybridized carbons (Fsp3) is 0.714. The Hall–Kier alpha value is -1.15. The van der Waals surface area contributed by atoms with Crippen LogP contribution in [0.3, 0.4) is 0 Å². The fourth-order valence-electron chi connectivity index (χ4n) is 1.04. The van der Waals surface area contributed by atoms with Crippen molar-refractivity contribution in [2.75, 3.05) is 7.11 Å². The molecule has 0 radical (unpaired) electrons. The van der Waals surface area contributed by atoms with Gasteiger partial charge in [0.1, 0.15) is 0 Å². The molecule has 11 heavy (non-hydrogen) atoms. The van der Waals surface area contributed by atoms with Crippen molar-refractivity contribution in [3.05, 3.63) is 5.53 Å². The van der Waals surface area contributed by atoms with Crippen LogP contribution in [-0.2, 0) is 9.53 Å². The maximum absolute atomic E-state index is 11.0. The van der Waals surface area contributed by atoms with Gasteiger partial charge in [-0.2, -0.15) is 4.79 Å². The van der Waals surface area contributed by atoms with E-state index < -0.39 is 0 Å². The van der Waals surface area contributed by atoms with E-state index >= 15 is 0 Å². The summed E-state index contributed by atoms with van der Waals surface area (Å²) in [5.41, 5.74) is 8.22. The first-order chi connectivity index (χ1) is 5.29. The zero-order chi connectivity index (χ0) is 8.27. The minimum atomic E-state index is -0.343. The van der Waals surface area contributed by atoms with Crippen LogP contribution in [-0.4, -0.2) is 24.1 Å². The molecular formula is C7H10N2O2. The van der Waals surface area contributed by atoms with Gasteiger partial charge in [-0.1, -0.05) is 0 Å². The predicted octanol–water partition coefficient (Wildman–Crippen LogP) is 0.486. The number of esters is 1. The van der Waals surface area contributed by atoms with Crippen molar-refractivity contribution in [2.45, 2.75) is 12.8 Å². The lowest BCUT2D eigenvalue weighted by Gasteiger charge is -2.01. The van der Waals surface area contributed by atoms with Crippen molar-refractivity contribution in [3.63, 3.8) is 0 Å². The lowest BCUT2D eigenvalue weighted by Crippen LogP contribution is -2.19. The highest BCUT2D eigenvalue weighted by atomic mass is 16.5. The summed E-state index contributed by atoms with van der Waals surface area (Å²) >= 11 is 0. The first kappa shape index (κ1) is 7.95. The topological polar surface area (TPSA) is 62.7 Å². The summed E-state index contributed by atoms with van der Waals surface area (Å²) in [7, 11) is 1.34. The lowest BCUT2D eigenvalue weighted by molar-refractivity contribution is -0.144. The molecule has 1 rings (SSSR count). The zero-order valence-corrected chi connectivity index (χ0v) is 6.36. The number of nitrogens with zero attached hydrogens (tertiary/aromatic N) is 2. The molecule has 4 heteroatoms. The van der Waals surface area contributed by atoms with Gasteiger partial charge in [-0.25, -0.2) is 0 Å². The van der Waals surface area contributed by atoms with Gasteiger partial charge < -0.3 is 10.3 Å². The second-order valence-electron chi connectivity index (χ2n) is 2.65. The first-order valence-electron chi connectivity index (χ1n) is 3.55. The maximum atomic E-state index is 11.0. The van der Waals surface area contributed by atoms with Gasteiger partial charge in [-0.3, -0.25) is 4.79 Å². The number of hydrogen-bond acceptors (Lipinski definition) is 2. The summed E-state index contributed by atoms with van der Waals surface area (Å²) < 4.78 is 4.52. The van der Waals surface area contributed by atoms with E-state index in [1.807, 2.05) is 0 Å². The first-order valence-corrected chi connectivity index (χ1v) is 3.55. The Labute approximate surface area is 64.8 Å². The normalized spacial score (nSPS) is 18.3. The highest BCUT2D eigenvalue weighted by molar-refractivity contribution is 5.88. The van der Waals surface area contributed by atoms with Gasteiger partial charge in [0.25, 0.3) is 6.21 Å². The van der Waals surface area contributed by atoms with Crippen LogP contribution >= 0.6 is 0 Å². The molecule has 1 saturated carbocycles.